The molecule has 1 N–H and O–H groups in total. The fraction of sp³-hybridized carbons (Fsp3) is 0.400. The van der Waals surface area contributed by atoms with Crippen LogP contribution in [0, 0.1) is 13.8 Å². The van der Waals surface area contributed by atoms with Crippen molar-refractivity contribution >= 4 is 17.7 Å². The molecule has 0 aliphatic rings. The van der Waals surface area contributed by atoms with Gasteiger partial charge in [-0.3, -0.25) is 9.36 Å². The first-order chi connectivity index (χ1) is 10.1. The Balaban J connectivity index is 2.13. The highest BCUT2D eigenvalue weighted by Crippen LogP contribution is 2.22. The molecule has 0 unspecified atom stereocenters. The number of aromatic nitrogens is 3. The third-order valence-corrected chi connectivity index (χ3v) is 3.89. The minimum absolute atomic E-state index is 0.0262. The number of aryl methyl sites for hydroxylation is 2. The van der Waals surface area contributed by atoms with Gasteiger partial charge in [0.05, 0.1) is 5.75 Å². The van der Waals surface area contributed by atoms with E-state index in [1.165, 1.54) is 17.3 Å². The third-order valence-electron chi connectivity index (χ3n) is 2.96. The van der Waals surface area contributed by atoms with Gasteiger partial charge in [-0.1, -0.05) is 30.8 Å². The quantitative estimate of drug-likeness (QED) is 0.833. The lowest BCUT2D eigenvalue weighted by Gasteiger charge is -2.09. The summed E-state index contributed by atoms with van der Waals surface area (Å²) in [7, 11) is 0. The number of hydrogen-bond donors (Lipinski definition) is 1. The van der Waals surface area contributed by atoms with E-state index in [0.29, 0.717) is 12.3 Å². The molecule has 0 bridgehead atoms. The van der Waals surface area contributed by atoms with E-state index in [1.807, 2.05) is 43.5 Å². The van der Waals surface area contributed by atoms with E-state index < -0.39 is 0 Å². The first-order valence-corrected chi connectivity index (χ1v) is 7.99. The van der Waals surface area contributed by atoms with Crippen molar-refractivity contribution in [3.63, 3.8) is 0 Å². The highest BCUT2D eigenvalue weighted by Gasteiger charge is 2.13. The number of hydrogen-bond acceptors (Lipinski definition) is 4. The first kappa shape index (κ1) is 15.6. The van der Waals surface area contributed by atoms with E-state index in [1.54, 1.807) is 0 Å². The van der Waals surface area contributed by atoms with Crippen LogP contribution >= 0.6 is 11.8 Å². The lowest BCUT2D eigenvalue weighted by molar-refractivity contribution is -0.118. The molecule has 0 atom stereocenters. The number of nitrogens with zero attached hydrogens (tertiary/aromatic N) is 3. The molecule has 2 rings (SSSR count). The van der Waals surface area contributed by atoms with E-state index in [2.05, 4.69) is 21.6 Å². The number of nitrogens with one attached hydrogen (secondary N) is 1. The maximum absolute atomic E-state index is 11.7. The molecule has 1 heterocycles. The summed E-state index contributed by atoms with van der Waals surface area (Å²) >= 11 is 1.40. The molecule has 0 fully saturated rings. The lowest BCUT2D eigenvalue weighted by atomic mass is 10.2. The second-order valence-corrected chi connectivity index (χ2v) is 5.79. The molecule has 112 valence electrons. The van der Waals surface area contributed by atoms with Crippen LogP contribution in [-0.4, -0.2) is 33.0 Å². The molecule has 1 aromatic heterocycles. The molecule has 6 heteroatoms. The van der Waals surface area contributed by atoms with E-state index in [9.17, 15) is 4.79 Å². The predicted octanol–water partition coefficient (Wildman–Crippen LogP) is 2.50. The van der Waals surface area contributed by atoms with Crippen LogP contribution in [0.3, 0.4) is 0 Å². The Morgan fingerprint density at radius 3 is 2.86 bits per heavy atom. The topological polar surface area (TPSA) is 59.8 Å². The van der Waals surface area contributed by atoms with Gasteiger partial charge in [-0.05, 0) is 38.0 Å². The molecular formula is C15H20N4OS. The number of rotatable bonds is 6. The molecule has 5 nitrogen and oxygen atoms in total. The summed E-state index contributed by atoms with van der Waals surface area (Å²) in [6, 6.07) is 8.16. The van der Waals surface area contributed by atoms with Crippen molar-refractivity contribution in [1.82, 2.24) is 20.1 Å². The standard InChI is InChI=1S/C15H20N4OS/c1-4-8-16-14(20)10-21-15-18-17-12(3)19(15)13-7-5-6-11(2)9-13/h5-7,9H,4,8,10H2,1-3H3,(H,16,20). The van der Waals surface area contributed by atoms with E-state index in [4.69, 9.17) is 0 Å². The summed E-state index contributed by atoms with van der Waals surface area (Å²) in [5, 5.41) is 11.9. The second-order valence-electron chi connectivity index (χ2n) is 4.84. The normalized spacial score (nSPS) is 10.6. The summed E-state index contributed by atoms with van der Waals surface area (Å²) in [6.45, 7) is 6.71. The van der Waals surface area contributed by atoms with Crippen molar-refractivity contribution in [3.8, 4) is 5.69 Å². The van der Waals surface area contributed by atoms with Crippen molar-refractivity contribution < 1.29 is 4.79 Å². The minimum Gasteiger partial charge on any atom is -0.355 e. The zero-order valence-electron chi connectivity index (χ0n) is 12.6. The summed E-state index contributed by atoms with van der Waals surface area (Å²) in [6.07, 6.45) is 0.939. The van der Waals surface area contributed by atoms with Gasteiger partial charge in [0.1, 0.15) is 5.82 Å². The molecule has 21 heavy (non-hydrogen) atoms. The Morgan fingerprint density at radius 2 is 2.14 bits per heavy atom. The maximum atomic E-state index is 11.7. The number of benzene rings is 1. The van der Waals surface area contributed by atoms with Crippen molar-refractivity contribution in [2.45, 2.75) is 32.3 Å². The zero-order valence-corrected chi connectivity index (χ0v) is 13.4. The zero-order chi connectivity index (χ0) is 15.2. The molecule has 1 aromatic carbocycles. The SMILES string of the molecule is CCCNC(=O)CSc1nnc(C)n1-c1cccc(C)c1. The van der Waals surface area contributed by atoms with Crippen LogP contribution < -0.4 is 5.32 Å². The highest BCUT2D eigenvalue weighted by molar-refractivity contribution is 7.99. The molecular weight excluding hydrogens is 284 g/mol. The van der Waals surface area contributed by atoms with Gasteiger partial charge in [0.15, 0.2) is 5.16 Å². The smallest absolute Gasteiger partial charge is 0.230 e. The van der Waals surface area contributed by atoms with Gasteiger partial charge in [-0.15, -0.1) is 10.2 Å². The van der Waals surface area contributed by atoms with Gasteiger partial charge in [0.25, 0.3) is 0 Å². The summed E-state index contributed by atoms with van der Waals surface area (Å²) in [4.78, 5) is 11.7. The maximum Gasteiger partial charge on any atom is 0.230 e. The predicted molar refractivity (Wildman–Crippen MR) is 84.9 cm³/mol. The van der Waals surface area contributed by atoms with Gasteiger partial charge in [-0.2, -0.15) is 0 Å². The van der Waals surface area contributed by atoms with Crippen LogP contribution in [0.25, 0.3) is 5.69 Å². The molecule has 0 aliphatic carbocycles. The Kier molecular flexibility index (Phi) is 5.38. The lowest BCUT2D eigenvalue weighted by Crippen LogP contribution is -2.25. The number of amides is 1. The van der Waals surface area contributed by atoms with Gasteiger partial charge < -0.3 is 5.32 Å². The Morgan fingerprint density at radius 1 is 1.33 bits per heavy atom. The average molecular weight is 304 g/mol. The van der Waals surface area contributed by atoms with Crippen LogP contribution in [-0.2, 0) is 4.79 Å². The number of thioether (sulfide) groups is 1. The van der Waals surface area contributed by atoms with Gasteiger partial charge in [0, 0.05) is 12.2 Å². The fourth-order valence-corrected chi connectivity index (χ4v) is 2.77. The van der Waals surface area contributed by atoms with Gasteiger partial charge >= 0.3 is 0 Å². The third kappa shape index (κ3) is 4.07. The second kappa shape index (κ2) is 7.26. The first-order valence-electron chi connectivity index (χ1n) is 7.00. The number of carbonyl (C=O) groups is 1. The average Bonchev–Trinajstić information content (AvgIpc) is 2.84. The molecule has 0 radical (unpaired) electrons. The molecule has 0 saturated heterocycles. The molecule has 2 aromatic rings. The van der Waals surface area contributed by atoms with Crippen molar-refractivity contribution in [2.24, 2.45) is 0 Å². The van der Waals surface area contributed by atoms with Crippen LogP contribution in [0.15, 0.2) is 29.4 Å². The van der Waals surface area contributed by atoms with E-state index in [-0.39, 0.29) is 5.91 Å². The van der Waals surface area contributed by atoms with Crippen molar-refractivity contribution in [2.75, 3.05) is 12.3 Å². The van der Waals surface area contributed by atoms with E-state index in [0.717, 1.165) is 23.1 Å². The fourth-order valence-electron chi connectivity index (χ4n) is 1.95. The van der Waals surface area contributed by atoms with Gasteiger partial charge in [-0.25, -0.2) is 0 Å². The van der Waals surface area contributed by atoms with E-state index >= 15 is 0 Å². The summed E-state index contributed by atoms with van der Waals surface area (Å²) in [5.74, 6) is 1.19. The van der Waals surface area contributed by atoms with Crippen LogP contribution in [0.4, 0.5) is 0 Å². The Labute approximate surface area is 129 Å². The molecule has 1 amide bonds. The van der Waals surface area contributed by atoms with Crippen LogP contribution in [0.2, 0.25) is 0 Å². The Bertz CT molecular complexity index is 624. The van der Waals surface area contributed by atoms with Crippen molar-refractivity contribution in [3.05, 3.63) is 35.7 Å². The summed E-state index contributed by atoms with van der Waals surface area (Å²) in [5.41, 5.74) is 2.20. The van der Waals surface area contributed by atoms with Gasteiger partial charge in [0.2, 0.25) is 5.91 Å². The van der Waals surface area contributed by atoms with Crippen LogP contribution in [0.1, 0.15) is 24.7 Å². The number of carbonyl (C=O) groups excluding carboxylic acids is 1. The Hall–Kier alpha value is -1.82. The largest absolute Gasteiger partial charge is 0.355 e. The highest BCUT2D eigenvalue weighted by atomic mass is 32.2. The minimum atomic E-state index is 0.0262. The van der Waals surface area contributed by atoms with Crippen LogP contribution in [0.5, 0.6) is 0 Å². The summed E-state index contributed by atoms with van der Waals surface area (Å²) < 4.78 is 1.98. The monoisotopic (exact) mass is 304 g/mol. The molecule has 0 spiro atoms. The molecule has 0 saturated carbocycles. The van der Waals surface area contributed by atoms with Crippen molar-refractivity contribution in [1.29, 1.82) is 0 Å². The molecule has 0 aliphatic heterocycles.